The van der Waals surface area contributed by atoms with Crippen molar-refractivity contribution in [3.8, 4) is 0 Å². The van der Waals surface area contributed by atoms with E-state index >= 15 is 0 Å². The molecule has 0 aliphatic heterocycles. The first-order chi connectivity index (χ1) is 5.63. The molecule has 0 aromatic carbocycles. The van der Waals surface area contributed by atoms with Gasteiger partial charge in [0.25, 0.3) is 0 Å². The maximum atomic E-state index is 3.96. The zero-order chi connectivity index (χ0) is 9.40. The van der Waals surface area contributed by atoms with Crippen LogP contribution in [-0.2, 0) is 0 Å². The second kappa shape index (κ2) is 7.56. The lowest BCUT2D eigenvalue weighted by Gasteiger charge is -1.99. The largest absolute Gasteiger partial charge is 0.105 e. The van der Waals surface area contributed by atoms with Crippen molar-refractivity contribution in [2.45, 2.75) is 38.8 Å². The van der Waals surface area contributed by atoms with Gasteiger partial charge in [0.1, 0.15) is 0 Å². The third-order valence-electron chi connectivity index (χ3n) is 1.96. The van der Waals surface area contributed by atoms with E-state index in [1.807, 2.05) is 0 Å². The predicted octanol–water partition coefficient (Wildman–Crippen LogP) is 2.01. The molecule has 0 aromatic heterocycles. The van der Waals surface area contributed by atoms with Crippen molar-refractivity contribution in [2.75, 3.05) is 0 Å². The van der Waals surface area contributed by atoms with E-state index in [4.69, 9.17) is 0 Å². The fourth-order valence-corrected chi connectivity index (χ4v) is 3.62. The van der Waals surface area contributed by atoms with Gasteiger partial charge in [-0.3, -0.25) is 0 Å². The summed E-state index contributed by atoms with van der Waals surface area (Å²) in [7, 11) is 0.195. The molecular formula is C10H22Si2. The van der Waals surface area contributed by atoms with Gasteiger partial charge in [-0.05, 0) is 13.8 Å². The molecule has 0 aliphatic rings. The quantitative estimate of drug-likeness (QED) is 0.434. The minimum absolute atomic E-state index is 0.0973. The molecule has 70 valence electrons. The number of unbranched alkanes of at least 4 members (excludes halogenated alkanes) is 1. The van der Waals surface area contributed by atoms with Crippen LogP contribution in [0.2, 0.25) is 12.1 Å². The molecule has 0 saturated heterocycles. The van der Waals surface area contributed by atoms with E-state index in [9.17, 15) is 0 Å². The molecule has 0 N–H and O–H groups in total. The average Bonchev–Trinajstić information content (AvgIpc) is 1.95. The first kappa shape index (κ1) is 11.9. The lowest BCUT2D eigenvalue weighted by atomic mass is 10.4. The van der Waals surface area contributed by atoms with Crippen molar-refractivity contribution in [1.82, 2.24) is 0 Å². The van der Waals surface area contributed by atoms with Crippen LogP contribution in [-0.4, -0.2) is 19.0 Å². The van der Waals surface area contributed by atoms with Gasteiger partial charge >= 0.3 is 0 Å². The number of hydrogen-bond donors (Lipinski definition) is 0. The summed E-state index contributed by atoms with van der Waals surface area (Å²) < 4.78 is 0. The molecule has 0 rings (SSSR count). The second-order valence-corrected chi connectivity index (χ2v) is 8.66. The van der Waals surface area contributed by atoms with E-state index in [2.05, 4.69) is 27.0 Å². The highest BCUT2D eigenvalue weighted by Crippen LogP contribution is 2.03. The van der Waals surface area contributed by atoms with Gasteiger partial charge < -0.3 is 0 Å². The first-order valence-electron chi connectivity index (χ1n) is 4.91. The zero-order valence-corrected chi connectivity index (χ0v) is 11.5. The Morgan fingerprint density at radius 3 is 1.50 bits per heavy atom. The summed E-state index contributed by atoms with van der Waals surface area (Å²) in [6.07, 6.45) is 2.89. The smallest absolute Gasteiger partial charge is 0.0484 e. The van der Waals surface area contributed by atoms with E-state index in [1.54, 1.807) is 0 Å². The predicted molar refractivity (Wildman–Crippen MR) is 65.6 cm³/mol. The molecule has 0 fully saturated rings. The standard InChI is InChI=1S/C10H22Si2/c1-9(2)11-7-5-6-8-12-10(3)4/h1,3,5-8,11-12H2,2,4H3. The molecule has 0 atom stereocenters. The third-order valence-corrected chi connectivity index (χ3v) is 5.37. The Bertz CT molecular complexity index is 132. The average molecular weight is 198 g/mol. The molecule has 0 aliphatic carbocycles. The van der Waals surface area contributed by atoms with Crippen molar-refractivity contribution >= 4 is 19.0 Å². The van der Waals surface area contributed by atoms with Gasteiger partial charge in [0.2, 0.25) is 0 Å². The Hall–Kier alpha value is -0.0862. The zero-order valence-electron chi connectivity index (χ0n) is 8.66. The van der Waals surface area contributed by atoms with E-state index in [1.165, 1.54) is 35.3 Å². The number of rotatable bonds is 7. The summed E-state index contributed by atoms with van der Waals surface area (Å²) >= 11 is 0. The van der Waals surface area contributed by atoms with Gasteiger partial charge in [-0.2, -0.15) is 0 Å². The SMILES string of the molecule is C=C(C)[SiH2]CCCC[SiH2]C(=C)C. The fraction of sp³-hybridized carbons (Fsp3) is 0.600. The van der Waals surface area contributed by atoms with E-state index in [0.29, 0.717) is 0 Å². The van der Waals surface area contributed by atoms with Crippen LogP contribution in [0.4, 0.5) is 0 Å². The highest BCUT2D eigenvalue weighted by molar-refractivity contribution is 6.45. The Kier molecular flexibility index (Phi) is 7.50. The van der Waals surface area contributed by atoms with Crippen LogP contribution in [0.25, 0.3) is 0 Å². The van der Waals surface area contributed by atoms with Crippen molar-refractivity contribution in [3.05, 3.63) is 23.6 Å². The molecule has 0 nitrogen and oxygen atoms in total. The van der Waals surface area contributed by atoms with Crippen molar-refractivity contribution < 1.29 is 0 Å². The number of allylic oxidation sites excluding steroid dienone is 2. The van der Waals surface area contributed by atoms with Crippen molar-refractivity contribution in [1.29, 1.82) is 0 Å². The minimum Gasteiger partial charge on any atom is -0.105 e. The fourth-order valence-electron chi connectivity index (χ4n) is 1.21. The first-order valence-corrected chi connectivity index (χ1v) is 8.33. The topological polar surface area (TPSA) is 0 Å². The summed E-state index contributed by atoms with van der Waals surface area (Å²) in [6.45, 7) is 12.3. The molecular weight excluding hydrogens is 176 g/mol. The summed E-state index contributed by atoms with van der Waals surface area (Å²) in [6, 6.07) is 2.94. The minimum atomic E-state index is 0.0973. The van der Waals surface area contributed by atoms with Gasteiger partial charge in [-0.25, -0.2) is 0 Å². The molecule has 0 spiro atoms. The highest BCUT2D eigenvalue weighted by atomic mass is 28.2. The van der Waals surface area contributed by atoms with Gasteiger partial charge in [0, 0.05) is 19.0 Å². The van der Waals surface area contributed by atoms with Crippen LogP contribution < -0.4 is 0 Å². The summed E-state index contributed by atoms with van der Waals surface area (Å²) in [4.78, 5) is 0. The molecule has 0 unspecified atom stereocenters. The van der Waals surface area contributed by atoms with Gasteiger partial charge in [-0.15, -0.1) is 13.2 Å². The molecule has 0 radical (unpaired) electrons. The molecule has 0 heterocycles. The van der Waals surface area contributed by atoms with Gasteiger partial charge in [-0.1, -0.05) is 35.3 Å². The summed E-state index contributed by atoms with van der Waals surface area (Å²) in [5.74, 6) is 0. The second-order valence-electron chi connectivity index (χ2n) is 3.83. The lowest BCUT2D eigenvalue weighted by molar-refractivity contribution is 0.874. The Morgan fingerprint density at radius 1 is 0.917 bits per heavy atom. The van der Waals surface area contributed by atoms with Gasteiger partial charge in [0.15, 0.2) is 0 Å². The van der Waals surface area contributed by atoms with E-state index < -0.39 is 0 Å². The molecule has 2 heteroatoms. The van der Waals surface area contributed by atoms with E-state index in [0.717, 1.165) is 0 Å². The molecule has 12 heavy (non-hydrogen) atoms. The maximum Gasteiger partial charge on any atom is 0.0484 e. The third kappa shape index (κ3) is 9.91. The van der Waals surface area contributed by atoms with Crippen molar-refractivity contribution in [2.24, 2.45) is 0 Å². The van der Waals surface area contributed by atoms with Gasteiger partial charge in [0.05, 0.1) is 0 Å². The lowest BCUT2D eigenvalue weighted by Crippen LogP contribution is -1.93. The van der Waals surface area contributed by atoms with E-state index in [-0.39, 0.29) is 19.0 Å². The maximum absolute atomic E-state index is 3.96. The molecule has 0 amide bonds. The van der Waals surface area contributed by atoms with Crippen molar-refractivity contribution in [3.63, 3.8) is 0 Å². The van der Waals surface area contributed by atoms with Crippen LogP contribution in [0, 0.1) is 0 Å². The Morgan fingerprint density at radius 2 is 1.25 bits per heavy atom. The molecule has 0 aromatic rings. The highest BCUT2D eigenvalue weighted by Gasteiger charge is 1.92. The number of hydrogen-bond acceptors (Lipinski definition) is 0. The summed E-state index contributed by atoms with van der Waals surface area (Å²) in [5, 5.41) is 2.93. The Balaban J connectivity index is 3.01. The normalized spacial score (nSPS) is 11.8. The van der Waals surface area contributed by atoms with Crippen LogP contribution in [0.5, 0.6) is 0 Å². The van der Waals surface area contributed by atoms with Crippen LogP contribution in [0.15, 0.2) is 23.6 Å². The van der Waals surface area contributed by atoms with Crippen LogP contribution in [0.3, 0.4) is 0 Å². The monoisotopic (exact) mass is 198 g/mol. The molecule has 0 saturated carbocycles. The van der Waals surface area contributed by atoms with Crippen LogP contribution in [0.1, 0.15) is 26.7 Å². The van der Waals surface area contributed by atoms with Crippen LogP contribution >= 0.6 is 0 Å². The summed E-state index contributed by atoms with van der Waals surface area (Å²) in [5.41, 5.74) is 0. The molecule has 0 bridgehead atoms. The Labute approximate surface area is 81.8 Å².